The van der Waals surface area contributed by atoms with Crippen LogP contribution in [0.2, 0.25) is 0 Å². The van der Waals surface area contributed by atoms with Gasteiger partial charge in [0.15, 0.2) is 0 Å². The first-order valence-electron chi connectivity index (χ1n) is 7.01. The van der Waals surface area contributed by atoms with Crippen LogP contribution in [-0.2, 0) is 4.79 Å². The zero-order valence-electron chi connectivity index (χ0n) is 12.4. The Morgan fingerprint density at radius 1 is 1.05 bits per heavy atom. The number of aliphatic carboxylic acids is 1. The molecule has 0 bridgehead atoms. The highest BCUT2D eigenvalue weighted by Gasteiger charge is 2.26. The van der Waals surface area contributed by atoms with Gasteiger partial charge in [-0.3, -0.25) is 4.79 Å². The Morgan fingerprint density at radius 2 is 1.67 bits per heavy atom. The number of carbonyl (C=O) groups is 1. The lowest BCUT2D eigenvalue weighted by Gasteiger charge is -2.19. The second-order valence-corrected chi connectivity index (χ2v) is 5.65. The maximum absolute atomic E-state index is 11.1. The Morgan fingerprint density at radius 3 is 2.33 bits per heavy atom. The third-order valence-electron chi connectivity index (χ3n) is 3.54. The average Bonchev–Trinajstić information content (AvgIpc) is 2.48. The molecule has 0 spiro atoms. The number of carboxylic acid groups (broad SMARTS) is 1. The van der Waals surface area contributed by atoms with Gasteiger partial charge < -0.3 is 9.84 Å². The standard InChI is InChI=1S/C18H20O3/c1-18(2,17(19)20)12-13-21-16-11-7-6-10-15(16)14-8-4-3-5-9-14/h3-11H,12-13H2,1-2H3,(H,19,20). The van der Waals surface area contributed by atoms with E-state index in [0.29, 0.717) is 13.0 Å². The molecule has 0 radical (unpaired) electrons. The van der Waals surface area contributed by atoms with E-state index in [4.69, 9.17) is 9.84 Å². The quantitative estimate of drug-likeness (QED) is 0.863. The molecule has 3 nitrogen and oxygen atoms in total. The molecule has 1 N–H and O–H groups in total. The van der Waals surface area contributed by atoms with Crippen molar-refractivity contribution >= 4 is 5.97 Å². The van der Waals surface area contributed by atoms with E-state index < -0.39 is 11.4 Å². The molecule has 0 amide bonds. The van der Waals surface area contributed by atoms with E-state index in [-0.39, 0.29) is 0 Å². The van der Waals surface area contributed by atoms with E-state index in [9.17, 15) is 4.79 Å². The maximum atomic E-state index is 11.1. The van der Waals surface area contributed by atoms with Crippen LogP contribution in [0.4, 0.5) is 0 Å². The number of carboxylic acids is 1. The van der Waals surface area contributed by atoms with Crippen LogP contribution in [0.3, 0.4) is 0 Å². The van der Waals surface area contributed by atoms with E-state index in [0.717, 1.165) is 16.9 Å². The summed E-state index contributed by atoms with van der Waals surface area (Å²) in [4.78, 5) is 11.1. The second-order valence-electron chi connectivity index (χ2n) is 5.65. The molecule has 0 atom stereocenters. The van der Waals surface area contributed by atoms with Crippen LogP contribution in [0.15, 0.2) is 54.6 Å². The lowest BCUT2D eigenvalue weighted by Crippen LogP contribution is -2.25. The number of ether oxygens (including phenoxy) is 1. The normalized spacial score (nSPS) is 11.1. The average molecular weight is 284 g/mol. The summed E-state index contributed by atoms with van der Waals surface area (Å²) in [7, 11) is 0. The molecule has 2 aromatic carbocycles. The van der Waals surface area contributed by atoms with Crippen molar-refractivity contribution in [1.82, 2.24) is 0 Å². The third kappa shape index (κ3) is 3.85. The highest BCUT2D eigenvalue weighted by molar-refractivity contribution is 5.73. The van der Waals surface area contributed by atoms with Crippen molar-refractivity contribution in [3.63, 3.8) is 0 Å². The summed E-state index contributed by atoms with van der Waals surface area (Å²) in [5, 5.41) is 9.12. The Balaban J connectivity index is 2.10. The number of hydrogen-bond donors (Lipinski definition) is 1. The van der Waals surface area contributed by atoms with E-state index in [2.05, 4.69) is 0 Å². The summed E-state index contributed by atoms with van der Waals surface area (Å²) in [6.45, 7) is 3.80. The predicted octanol–water partition coefficient (Wildman–Crippen LogP) is 4.23. The Kier molecular flexibility index (Phi) is 4.63. The van der Waals surface area contributed by atoms with Gasteiger partial charge in [0.25, 0.3) is 0 Å². The molecule has 0 aromatic heterocycles. The fourth-order valence-electron chi connectivity index (χ4n) is 1.97. The van der Waals surface area contributed by atoms with Gasteiger partial charge in [0.1, 0.15) is 5.75 Å². The Bertz CT molecular complexity index is 603. The summed E-state index contributed by atoms with van der Waals surface area (Å²) in [6.07, 6.45) is 0.464. The molecule has 0 aliphatic rings. The first kappa shape index (κ1) is 15.1. The molecule has 0 saturated carbocycles. The monoisotopic (exact) mass is 284 g/mol. The minimum Gasteiger partial charge on any atom is -0.493 e. The van der Waals surface area contributed by atoms with Crippen molar-refractivity contribution in [1.29, 1.82) is 0 Å². The number of para-hydroxylation sites is 1. The van der Waals surface area contributed by atoms with Crippen molar-refractivity contribution < 1.29 is 14.6 Å². The van der Waals surface area contributed by atoms with Gasteiger partial charge in [-0.2, -0.15) is 0 Å². The molecule has 0 saturated heterocycles. The Labute approximate surface area is 125 Å². The van der Waals surface area contributed by atoms with Gasteiger partial charge in [0, 0.05) is 5.56 Å². The van der Waals surface area contributed by atoms with Crippen LogP contribution >= 0.6 is 0 Å². The minimum atomic E-state index is -0.803. The number of benzene rings is 2. The van der Waals surface area contributed by atoms with E-state index in [1.165, 1.54) is 0 Å². The first-order valence-corrected chi connectivity index (χ1v) is 7.01. The SMILES string of the molecule is CC(C)(CCOc1ccccc1-c1ccccc1)C(=O)O. The van der Waals surface area contributed by atoms with Gasteiger partial charge in [-0.05, 0) is 31.9 Å². The molecule has 0 unspecified atom stereocenters. The fourth-order valence-corrected chi connectivity index (χ4v) is 1.97. The molecule has 3 heteroatoms. The van der Waals surface area contributed by atoms with Crippen LogP contribution in [0, 0.1) is 5.41 Å². The number of hydrogen-bond acceptors (Lipinski definition) is 2. The van der Waals surface area contributed by atoms with Gasteiger partial charge in [-0.25, -0.2) is 0 Å². The van der Waals surface area contributed by atoms with Crippen molar-refractivity contribution in [3.8, 4) is 16.9 Å². The second kappa shape index (κ2) is 6.44. The van der Waals surface area contributed by atoms with Gasteiger partial charge in [-0.15, -0.1) is 0 Å². The molecule has 0 aliphatic carbocycles. The van der Waals surface area contributed by atoms with Crippen LogP contribution in [0.5, 0.6) is 5.75 Å². The van der Waals surface area contributed by atoms with Crippen molar-refractivity contribution in [3.05, 3.63) is 54.6 Å². The van der Waals surface area contributed by atoms with E-state index >= 15 is 0 Å². The van der Waals surface area contributed by atoms with E-state index in [1.54, 1.807) is 13.8 Å². The van der Waals surface area contributed by atoms with Gasteiger partial charge in [0.2, 0.25) is 0 Å². The number of rotatable bonds is 6. The highest BCUT2D eigenvalue weighted by Crippen LogP contribution is 2.30. The zero-order chi connectivity index (χ0) is 15.3. The van der Waals surface area contributed by atoms with Gasteiger partial charge >= 0.3 is 5.97 Å². The van der Waals surface area contributed by atoms with E-state index in [1.807, 2.05) is 54.6 Å². The minimum absolute atomic E-state index is 0.378. The molecule has 0 heterocycles. The van der Waals surface area contributed by atoms with Crippen molar-refractivity contribution in [2.75, 3.05) is 6.61 Å². The zero-order valence-corrected chi connectivity index (χ0v) is 12.4. The fraction of sp³-hybridized carbons (Fsp3) is 0.278. The third-order valence-corrected chi connectivity index (χ3v) is 3.54. The molecular formula is C18H20O3. The molecule has 0 fully saturated rings. The van der Waals surface area contributed by atoms with Crippen LogP contribution < -0.4 is 4.74 Å². The van der Waals surface area contributed by atoms with Gasteiger partial charge in [-0.1, -0.05) is 48.5 Å². The molecular weight excluding hydrogens is 264 g/mol. The molecule has 0 aliphatic heterocycles. The maximum Gasteiger partial charge on any atom is 0.309 e. The van der Waals surface area contributed by atoms with Crippen LogP contribution in [0.1, 0.15) is 20.3 Å². The van der Waals surface area contributed by atoms with Crippen molar-refractivity contribution in [2.24, 2.45) is 5.41 Å². The summed E-state index contributed by atoms with van der Waals surface area (Å²) >= 11 is 0. The topological polar surface area (TPSA) is 46.5 Å². The predicted molar refractivity (Wildman–Crippen MR) is 83.4 cm³/mol. The smallest absolute Gasteiger partial charge is 0.309 e. The molecule has 110 valence electrons. The van der Waals surface area contributed by atoms with Crippen LogP contribution in [0.25, 0.3) is 11.1 Å². The lowest BCUT2D eigenvalue weighted by molar-refractivity contribution is -0.147. The van der Waals surface area contributed by atoms with Gasteiger partial charge in [0.05, 0.1) is 12.0 Å². The summed E-state index contributed by atoms with van der Waals surface area (Å²) in [5.74, 6) is -0.0210. The molecule has 2 aromatic rings. The highest BCUT2D eigenvalue weighted by atomic mass is 16.5. The Hall–Kier alpha value is -2.29. The summed E-state index contributed by atoms with van der Waals surface area (Å²) in [5.41, 5.74) is 1.33. The summed E-state index contributed by atoms with van der Waals surface area (Å²) in [6, 6.07) is 17.8. The van der Waals surface area contributed by atoms with Crippen molar-refractivity contribution in [2.45, 2.75) is 20.3 Å². The summed E-state index contributed by atoms with van der Waals surface area (Å²) < 4.78 is 5.81. The first-order chi connectivity index (χ1) is 10.0. The lowest BCUT2D eigenvalue weighted by atomic mass is 9.90. The molecule has 2 rings (SSSR count). The largest absolute Gasteiger partial charge is 0.493 e. The van der Waals surface area contributed by atoms with Crippen LogP contribution in [-0.4, -0.2) is 17.7 Å². The molecule has 21 heavy (non-hydrogen) atoms.